The molecule has 5 nitrogen and oxygen atoms in total. The molecule has 2 saturated carbocycles. The highest BCUT2D eigenvalue weighted by molar-refractivity contribution is 5.76. The summed E-state index contributed by atoms with van der Waals surface area (Å²) in [5.41, 5.74) is 3.87. The van der Waals surface area contributed by atoms with E-state index in [0.29, 0.717) is 49.4 Å². The average Bonchev–Trinajstić information content (AvgIpc) is 3.76. The van der Waals surface area contributed by atoms with Crippen LogP contribution in [-0.4, -0.2) is 19.5 Å². The van der Waals surface area contributed by atoms with Gasteiger partial charge in [0.05, 0.1) is 17.8 Å². The maximum absolute atomic E-state index is 14.0. The maximum atomic E-state index is 14.0. The SMILES string of the molecule is Cc1ccc2cc(C3CCC(c4cnccc4C(F)(F)F)CC3)c(=O)n(Cc3ncccc3C3CC3)c2n1. The van der Waals surface area contributed by atoms with E-state index in [4.69, 9.17) is 4.98 Å². The standard InChI is InChI=1S/C30H29F3N4O/c1-18-4-5-22-15-24(20-8-10-21(11-9-20)25-16-34-14-12-26(25)30(31,32)33)29(38)37(28(22)36-18)17-27-23(19-6-7-19)3-2-13-35-27/h2-5,12-16,19-21H,6-11,17H2,1H3. The minimum atomic E-state index is -4.41. The summed E-state index contributed by atoms with van der Waals surface area (Å²) in [7, 11) is 0. The van der Waals surface area contributed by atoms with E-state index in [1.54, 1.807) is 10.8 Å². The Bertz CT molecular complexity index is 1550. The molecule has 4 aromatic rings. The number of halogens is 3. The summed E-state index contributed by atoms with van der Waals surface area (Å²) in [6.07, 6.45) is 4.65. The molecule has 2 aliphatic rings. The molecule has 2 fully saturated rings. The molecular formula is C30H29F3N4O. The molecule has 0 aliphatic heterocycles. The summed E-state index contributed by atoms with van der Waals surface area (Å²) in [6.45, 7) is 2.26. The molecule has 38 heavy (non-hydrogen) atoms. The monoisotopic (exact) mass is 518 g/mol. The Labute approximate surface area is 218 Å². The number of rotatable bonds is 5. The number of nitrogens with zero attached hydrogens (tertiary/aromatic N) is 4. The minimum Gasteiger partial charge on any atom is -0.286 e. The Morgan fingerprint density at radius 3 is 2.29 bits per heavy atom. The Morgan fingerprint density at radius 2 is 1.58 bits per heavy atom. The number of aryl methyl sites for hydroxylation is 1. The fourth-order valence-electron chi connectivity index (χ4n) is 6.01. The molecule has 2 aliphatic carbocycles. The van der Waals surface area contributed by atoms with Crippen LogP contribution in [0.15, 0.2) is 59.8 Å². The van der Waals surface area contributed by atoms with Crippen molar-refractivity contribution in [3.8, 4) is 0 Å². The van der Waals surface area contributed by atoms with E-state index in [9.17, 15) is 18.0 Å². The Balaban J connectivity index is 1.34. The summed E-state index contributed by atoms with van der Waals surface area (Å²) in [6, 6.07) is 11.0. The van der Waals surface area contributed by atoms with Crippen molar-refractivity contribution < 1.29 is 13.2 Å². The molecule has 0 atom stereocenters. The molecule has 8 heteroatoms. The van der Waals surface area contributed by atoms with Gasteiger partial charge in [0, 0.05) is 35.2 Å². The number of hydrogen-bond donors (Lipinski definition) is 0. The van der Waals surface area contributed by atoms with Crippen molar-refractivity contribution in [1.82, 2.24) is 19.5 Å². The van der Waals surface area contributed by atoms with Gasteiger partial charge in [-0.1, -0.05) is 6.07 Å². The number of pyridine rings is 4. The molecule has 0 aromatic carbocycles. The lowest BCUT2D eigenvalue weighted by molar-refractivity contribution is -0.138. The number of fused-ring (bicyclic) bond motifs is 1. The summed E-state index contributed by atoms with van der Waals surface area (Å²) < 4.78 is 42.5. The van der Waals surface area contributed by atoms with Crippen molar-refractivity contribution in [2.75, 3.05) is 0 Å². The second-order valence-corrected chi connectivity index (χ2v) is 10.7. The van der Waals surface area contributed by atoms with Gasteiger partial charge in [-0.25, -0.2) is 4.98 Å². The van der Waals surface area contributed by atoms with Gasteiger partial charge in [-0.3, -0.25) is 19.3 Å². The van der Waals surface area contributed by atoms with Gasteiger partial charge in [-0.15, -0.1) is 0 Å². The van der Waals surface area contributed by atoms with Gasteiger partial charge in [-0.05, 0) is 105 Å². The molecule has 4 heterocycles. The zero-order valence-electron chi connectivity index (χ0n) is 21.2. The first-order chi connectivity index (χ1) is 18.3. The molecule has 4 aromatic heterocycles. The van der Waals surface area contributed by atoms with E-state index < -0.39 is 11.7 Å². The third-order valence-electron chi connectivity index (χ3n) is 8.12. The molecular weight excluding hydrogens is 489 g/mol. The summed E-state index contributed by atoms with van der Waals surface area (Å²) >= 11 is 0. The van der Waals surface area contributed by atoms with Crippen LogP contribution in [0.3, 0.4) is 0 Å². The second-order valence-electron chi connectivity index (χ2n) is 10.7. The van der Waals surface area contributed by atoms with Crippen molar-refractivity contribution in [1.29, 1.82) is 0 Å². The lowest BCUT2D eigenvalue weighted by Crippen LogP contribution is -2.29. The Hall–Kier alpha value is -3.55. The van der Waals surface area contributed by atoms with E-state index in [2.05, 4.69) is 16.0 Å². The van der Waals surface area contributed by atoms with Gasteiger partial charge < -0.3 is 0 Å². The number of hydrogen-bond acceptors (Lipinski definition) is 4. The van der Waals surface area contributed by atoms with Crippen molar-refractivity contribution in [3.05, 3.63) is 99.0 Å². The van der Waals surface area contributed by atoms with Crippen LogP contribution in [0.5, 0.6) is 0 Å². The van der Waals surface area contributed by atoms with Crippen LogP contribution in [0.1, 0.15) is 89.9 Å². The maximum Gasteiger partial charge on any atom is 0.416 e. The second kappa shape index (κ2) is 9.64. The van der Waals surface area contributed by atoms with E-state index in [0.717, 1.165) is 35.7 Å². The fraction of sp³-hybridized carbons (Fsp3) is 0.400. The van der Waals surface area contributed by atoms with Crippen LogP contribution < -0.4 is 5.56 Å². The topological polar surface area (TPSA) is 60.7 Å². The normalized spacial score (nSPS) is 20.1. The molecule has 0 saturated heterocycles. The first-order valence-electron chi connectivity index (χ1n) is 13.3. The minimum absolute atomic E-state index is 0.0200. The molecule has 0 unspecified atom stereocenters. The number of alkyl halides is 3. The molecule has 0 N–H and O–H groups in total. The average molecular weight is 519 g/mol. The van der Waals surface area contributed by atoms with Crippen LogP contribution in [0.2, 0.25) is 0 Å². The molecule has 196 valence electrons. The molecule has 0 spiro atoms. The smallest absolute Gasteiger partial charge is 0.286 e. The zero-order chi connectivity index (χ0) is 26.4. The van der Waals surface area contributed by atoms with Gasteiger partial charge in [0.1, 0.15) is 5.65 Å². The summed E-state index contributed by atoms with van der Waals surface area (Å²) in [5, 5.41) is 0.892. The highest BCUT2D eigenvalue weighted by atomic mass is 19.4. The Morgan fingerprint density at radius 1 is 0.895 bits per heavy atom. The first-order valence-corrected chi connectivity index (χ1v) is 13.3. The highest BCUT2D eigenvalue weighted by Gasteiger charge is 2.37. The van der Waals surface area contributed by atoms with Gasteiger partial charge >= 0.3 is 6.18 Å². The summed E-state index contributed by atoms with van der Waals surface area (Å²) in [5.74, 6) is 0.259. The Kier molecular flexibility index (Phi) is 6.28. The third kappa shape index (κ3) is 4.72. The van der Waals surface area contributed by atoms with Crippen molar-refractivity contribution in [2.24, 2.45) is 0 Å². The highest BCUT2D eigenvalue weighted by Crippen LogP contribution is 2.44. The van der Waals surface area contributed by atoms with Gasteiger partial charge in [0.15, 0.2) is 0 Å². The molecule has 0 amide bonds. The third-order valence-corrected chi connectivity index (χ3v) is 8.12. The number of aromatic nitrogens is 4. The van der Waals surface area contributed by atoms with E-state index in [1.807, 2.05) is 31.2 Å². The zero-order valence-corrected chi connectivity index (χ0v) is 21.2. The van der Waals surface area contributed by atoms with Gasteiger partial charge in [0.2, 0.25) is 0 Å². The van der Waals surface area contributed by atoms with Crippen LogP contribution in [0, 0.1) is 6.92 Å². The van der Waals surface area contributed by atoms with Crippen LogP contribution >= 0.6 is 0 Å². The first kappa shape index (κ1) is 24.8. The quantitative estimate of drug-likeness (QED) is 0.289. The van der Waals surface area contributed by atoms with Gasteiger partial charge in [-0.2, -0.15) is 13.2 Å². The fourth-order valence-corrected chi connectivity index (χ4v) is 6.01. The largest absolute Gasteiger partial charge is 0.416 e. The van der Waals surface area contributed by atoms with Crippen LogP contribution in [-0.2, 0) is 12.7 Å². The molecule has 0 radical (unpaired) electrons. The van der Waals surface area contributed by atoms with Crippen LogP contribution in [0.25, 0.3) is 11.0 Å². The van der Waals surface area contributed by atoms with Gasteiger partial charge in [0.25, 0.3) is 5.56 Å². The van der Waals surface area contributed by atoms with Crippen LogP contribution in [0.4, 0.5) is 13.2 Å². The van der Waals surface area contributed by atoms with E-state index in [1.165, 1.54) is 18.0 Å². The molecule has 6 rings (SSSR count). The lowest BCUT2D eigenvalue weighted by atomic mass is 9.75. The van der Waals surface area contributed by atoms with Crippen molar-refractivity contribution >= 4 is 11.0 Å². The predicted molar refractivity (Wildman–Crippen MR) is 139 cm³/mol. The van der Waals surface area contributed by atoms with Crippen molar-refractivity contribution in [2.45, 2.75) is 75.9 Å². The van der Waals surface area contributed by atoms with E-state index in [-0.39, 0.29) is 23.0 Å². The predicted octanol–water partition coefficient (Wildman–Crippen LogP) is 6.88. The van der Waals surface area contributed by atoms with E-state index >= 15 is 0 Å². The summed E-state index contributed by atoms with van der Waals surface area (Å²) in [4.78, 5) is 27.3. The lowest BCUT2D eigenvalue weighted by Gasteiger charge is -2.30. The molecule has 0 bridgehead atoms. The van der Waals surface area contributed by atoms with Crippen molar-refractivity contribution in [3.63, 3.8) is 0 Å².